The number of hydrogen-bond acceptors (Lipinski definition) is 4. The number of Topliss-reactive ketones (excluding diaryl/α,β-unsaturated/α-hetero) is 1. The van der Waals surface area contributed by atoms with Crippen molar-refractivity contribution < 1.29 is 9.59 Å². The number of para-hydroxylation sites is 3. The van der Waals surface area contributed by atoms with E-state index < -0.39 is 0 Å². The summed E-state index contributed by atoms with van der Waals surface area (Å²) < 4.78 is 0. The van der Waals surface area contributed by atoms with Gasteiger partial charge in [-0.1, -0.05) is 42.5 Å². The van der Waals surface area contributed by atoms with E-state index in [9.17, 15) is 9.59 Å². The first kappa shape index (κ1) is 17.2. The summed E-state index contributed by atoms with van der Waals surface area (Å²) in [6.07, 6.45) is 0.221. The van der Waals surface area contributed by atoms with Crippen LogP contribution in [-0.2, 0) is 6.42 Å². The number of amides is 1. The third kappa shape index (κ3) is 3.89. The van der Waals surface area contributed by atoms with Crippen LogP contribution < -0.4 is 16.8 Å². The van der Waals surface area contributed by atoms with Gasteiger partial charge >= 0.3 is 0 Å². The zero-order chi connectivity index (χ0) is 18.5. The minimum absolute atomic E-state index is 0.0536. The molecule has 0 unspecified atom stereocenters. The third-order valence-corrected chi connectivity index (χ3v) is 4.08. The van der Waals surface area contributed by atoms with E-state index in [1.165, 1.54) is 0 Å². The molecule has 1 amide bonds. The Labute approximate surface area is 151 Å². The highest BCUT2D eigenvalue weighted by Crippen LogP contribution is 2.19. The Morgan fingerprint density at radius 2 is 1.31 bits per heavy atom. The van der Waals surface area contributed by atoms with Crippen LogP contribution in [0.5, 0.6) is 0 Å². The topological polar surface area (TPSA) is 98.2 Å². The molecule has 0 aliphatic carbocycles. The molecule has 26 heavy (non-hydrogen) atoms. The highest BCUT2D eigenvalue weighted by atomic mass is 16.1. The van der Waals surface area contributed by atoms with Crippen molar-refractivity contribution in [2.75, 3.05) is 16.8 Å². The van der Waals surface area contributed by atoms with E-state index in [1.807, 2.05) is 18.2 Å². The van der Waals surface area contributed by atoms with Gasteiger partial charge in [-0.05, 0) is 35.9 Å². The SMILES string of the molecule is Nc1ccccc1CC(=O)c1ccc(C(=O)Nc2ccccc2N)cc1. The Morgan fingerprint density at radius 1 is 0.731 bits per heavy atom. The number of nitrogen functional groups attached to an aromatic ring is 2. The summed E-state index contributed by atoms with van der Waals surface area (Å²) in [7, 11) is 0. The van der Waals surface area contributed by atoms with Gasteiger partial charge in [0, 0.05) is 23.2 Å². The number of carbonyl (C=O) groups is 2. The first-order valence-corrected chi connectivity index (χ1v) is 8.17. The molecule has 5 nitrogen and oxygen atoms in total. The molecule has 0 heterocycles. The number of benzene rings is 3. The summed E-state index contributed by atoms with van der Waals surface area (Å²) in [5.41, 5.74) is 15.1. The van der Waals surface area contributed by atoms with Gasteiger partial charge in [0.05, 0.1) is 11.4 Å². The molecule has 0 atom stereocenters. The largest absolute Gasteiger partial charge is 0.398 e. The highest BCUT2D eigenvalue weighted by molar-refractivity contribution is 6.06. The minimum atomic E-state index is -0.283. The van der Waals surface area contributed by atoms with Crippen molar-refractivity contribution >= 4 is 28.8 Å². The van der Waals surface area contributed by atoms with Gasteiger partial charge in [-0.25, -0.2) is 0 Å². The summed E-state index contributed by atoms with van der Waals surface area (Å²) in [4.78, 5) is 24.7. The van der Waals surface area contributed by atoms with E-state index in [2.05, 4.69) is 5.32 Å². The van der Waals surface area contributed by atoms with Crippen molar-refractivity contribution in [3.63, 3.8) is 0 Å². The van der Waals surface area contributed by atoms with Crippen molar-refractivity contribution in [1.82, 2.24) is 0 Å². The minimum Gasteiger partial charge on any atom is -0.398 e. The molecule has 0 spiro atoms. The fourth-order valence-electron chi connectivity index (χ4n) is 2.58. The second-order valence-electron chi connectivity index (χ2n) is 5.92. The predicted molar refractivity (Wildman–Crippen MR) is 104 cm³/mol. The van der Waals surface area contributed by atoms with Crippen molar-refractivity contribution in [3.05, 3.63) is 89.5 Å². The second kappa shape index (κ2) is 7.53. The van der Waals surface area contributed by atoms with Crippen LogP contribution in [0.2, 0.25) is 0 Å². The summed E-state index contributed by atoms with van der Waals surface area (Å²) in [6, 6.07) is 20.8. The van der Waals surface area contributed by atoms with Crippen molar-refractivity contribution in [2.45, 2.75) is 6.42 Å². The number of rotatable bonds is 5. The molecular weight excluding hydrogens is 326 g/mol. The molecule has 0 radical (unpaired) electrons. The maximum absolute atomic E-state index is 12.4. The van der Waals surface area contributed by atoms with E-state index in [4.69, 9.17) is 11.5 Å². The molecule has 0 saturated heterocycles. The average molecular weight is 345 g/mol. The van der Waals surface area contributed by atoms with Crippen LogP contribution in [0.4, 0.5) is 17.1 Å². The molecule has 3 aromatic carbocycles. The van der Waals surface area contributed by atoms with E-state index in [-0.39, 0.29) is 18.1 Å². The molecule has 0 bridgehead atoms. The Morgan fingerprint density at radius 3 is 1.96 bits per heavy atom. The maximum atomic E-state index is 12.4. The molecule has 5 heteroatoms. The fourth-order valence-corrected chi connectivity index (χ4v) is 2.58. The molecule has 0 fully saturated rings. The Hall–Kier alpha value is -3.60. The summed E-state index contributed by atoms with van der Waals surface area (Å²) in [5, 5.41) is 2.76. The van der Waals surface area contributed by atoms with Gasteiger partial charge in [0.25, 0.3) is 5.91 Å². The number of nitrogens with one attached hydrogen (secondary N) is 1. The van der Waals surface area contributed by atoms with Crippen LogP contribution in [0.15, 0.2) is 72.8 Å². The molecule has 3 aromatic rings. The summed E-state index contributed by atoms with van der Waals surface area (Å²) in [6.45, 7) is 0. The zero-order valence-electron chi connectivity index (χ0n) is 14.1. The Bertz CT molecular complexity index is 871. The van der Waals surface area contributed by atoms with Crippen molar-refractivity contribution in [2.24, 2.45) is 0 Å². The average Bonchev–Trinajstić information content (AvgIpc) is 2.65. The normalized spacial score (nSPS) is 10.3. The van der Waals surface area contributed by atoms with Crippen LogP contribution in [0.25, 0.3) is 0 Å². The van der Waals surface area contributed by atoms with Gasteiger partial charge in [0.15, 0.2) is 5.78 Å². The highest BCUT2D eigenvalue weighted by Gasteiger charge is 2.12. The first-order valence-electron chi connectivity index (χ1n) is 8.17. The lowest BCUT2D eigenvalue weighted by Crippen LogP contribution is -2.13. The molecule has 3 rings (SSSR count). The molecule has 0 aromatic heterocycles. The smallest absolute Gasteiger partial charge is 0.255 e. The number of hydrogen-bond donors (Lipinski definition) is 3. The van der Waals surface area contributed by atoms with Crippen LogP contribution in [-0.4, -0.2) is 11.7 Å². The van der Waals surface area contributed by atoms with Gasteiger partial charge in [-0.3, -0.25) is 9.59 Å². The number of carbonyl (C=O) groups excluding carboxylic acids is 2. The molecule has 0 aliphatic rings. The predicted octanol–water partition coefficient (Wildman–Crippen LogP) is 3.53. The van der Waals surface area contributed by atoms with Crippen LogP contribution in [0.3, 0.4) is 0 Å². The Balaban J connectivity index is 1.70. The van der Waals surface area contributed by atoms with Crippen molar-refractivity contribution in [3.8, 4) is 0 Å². The van der Waals surface area contributed by atoms with Crippen LogP contribution >= 0.6 is 0 Å². The molecule has 0 aliphatic heterocycles. The van der Waals surface area contributed by atoms with Crippen LogP contribution in [0.1, 0.15) is 26.3 Å². The lowest BCUT2D eigenvalue weighted by molar-refractivity contribution is 0.0989. The first-order chi connectivity index (χ1) is 12.5. The van der Waals surface area contributed by atoms with E-state index in [0.29, 0.717) is 28.2 Å². The van der Waals surface area contributed by atoms with Gasteiger partial charge in [0.2, 0.25) is 0 Å². The van der Waals surface area contributed by atoms with Gasteiger partial charge in [-0.2, -0.15) is 0 Å². The van der Waals surface area contributed by atoms with Gasteiger partial charge in [-0.15, -0.1) is 0 Å². The summed E-state index contributed by atoms with van der Waals surface area (Å²) >= 11 is 0. The Kier molecular flexibility index (Phi) is 4.99. The standard InChI is InChI=1S/C21H19N3O2/c22-17-6-2-1-5-16(17)13-20(25)14-9-11-15(12-10-14)21(26)24-19-8-4-3-7-18(19)23/h1-12H,13,22-23H2,(H,24,26). The van der Waals surface area contributed by atoms with Gasteiger partial charge < -0.3 is 16.8 Å². The zero-order valence-corrected chi connectivity index (χ0v) is 14.1. The van der Waals surface area contributed by atoms with E-state index in [0.717, 1.165) is 5.56 Å². The van der Waals surface area contributed by atoms with E-state index in [1.54, 1.807) is 54.6 Å². The van der Waals surface area contributed by atoms with Gasteiger partial charge in [0.1, 0.15) is 0 Å². The molecule has 0 saturated carbocycles. The second-order valence-corrected chi connectivity index (χ2v) is 5.92. The fraction of sp³-hybridized carbons (Fsp3) is 0.0476. The number of anilines is 3. The summed E-state index contributed by atoms with van der Waals surface area (Å²) in [5.74, 6) is -0.337. The molecule has 5 N–H and O–H groups in total. The lowest BCUT2D eigenvalue weighted by Gasteiger charge is -2.08. The monoisotopic (exact) mass is 345 g/mol. The van der Waals surface area contributed by atoms with E-state index >= 15 is 0 Å². The maximum Gasteiger partial charge on any atom is 0.255 e. The molecular formula is C21H19N3O2. The number of ketones is 1. The third-order valence-electron chi connectivity index (χ3n) is 4.08. The molecule has 130 valence electrons. The number of nitrogens with two attached hydrogens (primary N) is 2. The van der Waals surface area contributed by atoms with Crippen LogP contribution in [0, 0.1) is 0 Å². The lowest BCUT2D eigenvalue weighted by atomic mass is 10.0. The van der Waals surface area contributed by atoms with Crippen molar-refractivity contribution in [1.29, 1.82) is 0 Å². The quantitative estimate of drug-likeness (QED) is 0.487.